The Morgan fingerprint density at radius 3 is 2.14 bits per heavy atom. The molecule has 2 aromatic heterocycles. The van der Waals surface area contributed by atoms with Gasteiger partial charge < -0.3 is 14.3 Å². The number of amides is 2. The van der Waals surface area contributed by atoms with Crippen molar-refractivity contribution in [2.45, 2.75) is 37.8 Å². The Morgan fingerprint density at radius 1 is 0.971 bits per heavy atom. The minimum Gasteiger partial charge on any atom is -0.359 e. The van der Waals surface area contributed by atoms with Gasteiger partial charge in [0.05, 0.1) is 12.6 Å². The highest BCUT2D eigenvalue weighted by Crippen LogP contribution is 2.54. The molecule has 190 valence electrons. The van der Waals surface area contributed by atoms with Crippen LogP contribution in [0.5, 0.6) is 0 Å². The van der Waals surface area contributed by atoms with Crippen molar-refractivity contribution in [2.75, 3.05) is 39.3 Å². The van der Waals surface area contributed by atoms with Crippen LogP contribution in [0, 0.1) is 10.8 Å². The number of halogens is 6. The summed E-state index contributed by atoms with van der Waals surface area (Å²) in [4.78, 5) is 21.6. The monoisotopic (exact) mass is 505 g/mol. The maximum Gasteiger partial charge on any atom is 0.453 e. The number of alkyl halides is 6. The Labute approximate surface area is 194 Å². The summed E-state index contributed by atoms with van der Waals surface area (Å²) in [6, 6.07) is 0.721. The lowest BCUT2D eigenvalue weighted by atomic mass is 9.60. The van der Waals surface area contributed by atoms with E-state index >= 15 is 0 Å². The Morgan fingerprint density at radius 2 is 1.60 bits per heavy atom. The van der Waals surface area contributed by atoms with Crippen LogP contribution in [0.2, 0.25) is 0 Å². The SMILES string of the molecule is O=C(N1CC2(CC(n3cnc(C(F)(F)F)n3)C2)C1)N1CC2(CN(Cc3cc(C(F)(F)F)no3)C2)C1. The molecule has 5 heterocycles. The maximum absolute atomic E-state index is 12.8. The zero-order valence-corrected chi connectivity index (χ0v) is 18.3. The molecule has 0 aromatic carbocycles. The number of nitrogens with zero attached hydrogens (tertiary/aromatic N) is 7. The molecule has 0 radical (unpaired) electrons. The first-order valence-electron chi connectivity index (χ1n) is 11.1. The summed E-state index contributed by atoms with van der Waals surface area (Å²) in [6.45, 7) is 3.92. The van der Waals surface area contributed by atoms with Crippen molar-refractivity contribution in [1.29, 1.82) is 0 Å². The van der Waals surface area contributed by atoms with Crippen LogP contribution in [0.25, 0.3) is 0 Å². The van der Waals surface area contributed by atoms with Gasteiger partial charge in [0.1, 0.15) is 6.33 Å². The number of likely N-dealkylation sites (tertiary alicyclic amines) is 3. The fraction of sp³-hybridized carbons (Fsp3) is 0.700. The van der Waals surface area contributed by atoms with E-state index in [2.05, 4.69) is 15.2 Å². The summed E-state index contributed by atoms with van der Waals surface area (Å²) >= 11 is 0. The highest BCUT2D eigenvalue weighted by molar-refractivity contribution is 5.77. The molecule has 4 aliphatic rings. The van der Waals surface area contributed by atoms with E-state index in [1.54, 1.807) is 9.80 Å². The third-order valence-corrected chi connectivity index (χ3v) is 7.47. The van der Waals surface area contributed by atoms with Gasteiger partial charge in [-0.1, -0.05) is 5.16 Å². The van der Waals surface area contributed by atoms with Crippen molar-refractivity contribution in [1.82, 2.24) is 34.6 Å². The maximum atomic E-state index is 12.8. The highest BCUT2D eigenvalue weighted by atomic mass is 19.4. The van der Waals surface area contributed by atoms with Crippen molar-refractivity contribution in [3.8, 4) is 0 Å². The van der Waals surface area contributed by atoms with Gasteiger partial charge in [-0.3, -0.25) is 4.90 Å². The Hall–Kier alpha value is -2.84. The molecule has 4 fully saturated rings. The normalized spacial score (nSPS) is 23.7. The second-order valence-corrected chi connectivity index (χ2v) is 10.4. The molecular weight excluding hydrogens is 484 g/mol. The van der Waals surface area contributed by atoms with E-state index in [0.29, 0.717) is 52.1 Å². The summed E-state index contributed by atoms with van der Waals surface area (Å²) in [6.07, 6.45) is -6.66. The molecule has 35 heavy (non-hydrogen) atoms. The molecule has 2 spiro atoms. The third kappa shape index (κ3) is 3.83. The molecule has 0 bridgehead atoms. The zero-order chi connectivity index (χ0) is 24.8. The summed E-state index contributed by atoms with van der Waals surface area (Å²) in [7, 11) is 0. The van der Waals surface area contributed by atoms with E-state index in [-0.39, 0.29) is 35.2 Å². The van der Waals surface area contributed by atoms with Crippen LogP contribution in [0.15, 0.2) is 16.9 Å². The second kappa shape index (κ2) is 7.11. The summed E-state index contributed by atoms with van der Waals surface area (Å²) in [5.41, 5.74) is -1.14. The molecular formula is C20H21F6N7O2. The molecule has 1 saturated carbocycles. The van der Waals surface area contributed by atoms with E-state index < -0.39 is 23.9 Å². The van der Waals surface area contributed by atoms with Crippen molar-refractivity contribution in [2.24, 2.45) is 10.8 Å². The van der Waals surface area contributed by atoms with Gasteiger partial charge in [-0.2, -0.15) is 26.3 Å². The van der Waals surface area contributed by atoms with Crippen LogP contribution in [-0.2, 0) is 18.9 Å². The van der Waals surface area contributed by atoms with Crippen molar-refractivity contribution < 1.29 is 35.7 Å². The first kappa shape index (κ1) is 22.6. The van der Waals surface area contributed by atoms with E-state index in [0.717, 1.165) is 12.4 Å². The lowest BCUT2D eigenvalue weighted by molar-refractivity contribution is -0.145. The molecule has 3 aliphatic heterocycles. The number of rotatable bonds is 3. The van der Waals surface area contributed by atoms with Gasteiger partial charge in [0, 0.05) is 56.2 Å². The molecule has 6 rings (SSSR count). The van der Waals surface area contributed by atoms with Crippen LogP contribution in [0.4, 0.5) is 31.1 Å². The van der Waals surface area contributed by atoms with Gasteiger partial charge in [0.2, 0.25) is 0 Å². The standard InChI is InChI=1S/C20H21F6N7O2/c21-19(22,23)14-1-13(35-29-14)4-30-5-18(6-30)9-32(10-18)16(34)31-7-17(8-31)2-12(3-17)33-11-27-15(28-33)20(24,25)26/h1,11-12H,2-10H2. The van der Waals surface area contributed by atoms with E-state index in [9.17, 15) is 31.1 Å². The van der Waals surface area contributed by atoms with E-state index in [4.69, 9.17) is 4.52 Å². The molecule has 0 unspecified atom stereocenters. The summed E-state index contributed by atoms with van der Waals surface area (Å²) in [5, 5.41) is 6.59. The van der Waals surface area contributed by atoms with E-state index in [1.165, 1.54) is 4.68 Å². The predicted molar refractivity (Wildman–Crippen MR) is 103 cm³/mol. The van der Waals surface area contributed by atoms with Gasteiger partial charge >= 0.3 is 18.4 Å². The topological polar surface area (TPSA) is 83.5 Å². The molecule has 1 aliphatic carbocycles. The average Bonchev–Trinajstić information content (AvgIpc) is 3.29. The number of hydrogen-bond acceptors (Lipinski definition) is 6. The second-order valence-electron chi connectivity index (χ2n) is 10.4. The molecule has 0 atom stereocenters. The lowest BCUT2D eigenvalue weighted by Crippen LogP contribution is -2.75. The molecule has 2 amide bonds. The van der Waals surface area contributed by atoms with Crippen LogP contribution in [0.1, 0.15) is 36.2 Å². The fourth-order valence-electron chi connectivity index (χ4n) is 5.92. The number of carbonyl (C=O) groups excluding carboxylic acids is 1. The third-order valence-electron chi connectivity index (χ3n) is 7.47. The number of urea groups is 1. The summed E-state index contributed by atoms with van der Waals surface area (Å²) < 4.78 is 82.0. The Kier molecular flexibility index (Phi) is 4.59. The molecule has 0 N–H and O–H groups in total. The smallest absolute Gasteiger partial charge is 0.359 e. The van der Waals surface area contributed by atoms with Gasteiger partial charge in [-0.05, 0) is 12.8 Å². The van der Waals surface area contributed by atoms with Crippen LogP contribution in [0.3, 0.4) is 0 Å². The van der Waals surface area contributed by atoms with Crippen molar-refractivity contribution >= 4 is 6.03 Å². The fourth-order valence-corrected chi connectivity index (χ4v) is 5.92. The highest BCUT2D eigenvalue weighted by Gasteiger charge is 2.58. The molecule has 15 heteroatoms. The molecule has 9 nitrogen and oxygen atoms in total. The number of carbonyl (C=O) groups is 1. The molecule has 2 aromatic rings. The van der Waals surface area contributed by atoms with Crippen LogP contribution >= 0.6 is 0 Å². The van der Waals surface area contributed by atoms with Gasteiger partial charge in [0.15, 0.2) is 11.5 Å². The average molecular weight is 505 g/mol. The minimum atomic E-state index is -4.56. The zero-order valence-electron chi connectivity index (χ0n) is 18.3. The van der Waals surface area contributed by atoms with Crippen LogP contribution < -0.4 is 0 Å². The van der Waals surface area contributed by atoms with Gasteiger partial charge in [-0.25, -0.2) is 14.5 Å². The quantitative estimate of drug-likeness (QED) is 0.597. The first-order chi connectivity index (χ1) is 16.3. The lowest BCUT2D eigenvalue weighted by Gasteiger charge is -2.63. The number of hydrogen-bond donors (Lipinski definition) is 0. The van der Waals surface area contributed by atoms with Crippen molar-refractivity contribution in [3.63, 3.8) is 0 Å². The Bertz CT molecular complexity index is 1130. The predicted octanol–water partition coefficient (Wildman–Crippen LogP) is 2.88. The largest absolute Gasteiger partial charge is 0.453 e. The van der Waals surface area contributed by atoms with Gasteiger partial charge in [-0.15, -0.1) is 5.10 Å². The first-order valence-corrected chi connectivity index (χ1v) is 11.1. The van der Waals surface area contributed by atoms with Crippen molar-refractivity contribution in [3.05, 3.63) is 29.7 Å². The minimum absolute atomic E-state index is 0.0318. The number of aromatic nitrogens is 4. The molecule has 3 saturated heterocycles. The summed E-state index contributed by atoms with van der Waals surface area (Å²) in [5.74, 6) is -0.985. The van der Waals surface area contributed by atoms with Crippen LogP contribution in [-0.4, -0.2) is 79.9 Å². The van der Waals surface area contributed by atoms with Gasteiger partial charge in [0.25, 0.3) is 5.82 Å². The Balaban J connectivity index is 0.926. The van der Waals surface area contributed by atoms with E-state index in [1.807, 2.05) is 4.90 Å².